The zero-order valence-corrected chi connectivity index (χ0v) is 20.4. The van der Waals surface area contributed by atoms with Gasteiger partial charge >= 0.3 is 0 Å². The lowest BCUT2D eigenvalue weighted by atomic mass is 10.2. The maximum absolute atomic E-state index is 9.36. The second kappa shape index (κ2) is 14.5. The standard InChI is InChI=1S/C26H30N10/c27-7-11-33-15-17-35(13-9-29)21-25-5-2-6-26(32-25)22-36(14-10-30)18-16-34(12-8-28)20-24-4-1-3-23(19-33)31-24/h1-6H,11-22H2. The molecule has 0 spiro atoms. The topological polar surface area (TPSA) is 134 Å². The highest BCUT2D eigenvalue weighted by Crippen LogP contribution is 2.11. The predicted octanol–water partition coefficient (Wildman–Crippen LogP) is 1.49. The largest absolute Gasteiger partial charge is 0.283 e. The van der Waals surface area contributed by atoms with Crippen molar-refractivity contribution in [3.63, 3.8) is 0 Å². The molecule has 0 fully saturated rings. The molecule has 1 aliphatic rings. The highest BCUT2D eigenvalue weighted by atomic mass is 15.2. The molecule has 1 aliphatic heterocycles. The van der Waals surface area contributed by atoms with E-state index in [0.717, 1.165) is 22.8 Å². The van der Waals surface area contributed by atoms with Gasteiger partial charge in [0.15, 0.2) is 0 Å². The molecule has 2 aromatic heterocycles. The van der Waals surface area contributed by atoms with Crippen LogP contribution >= 0.6 is 0 Å². The van der Waals surface area contributed by atoms with Crippen molar-refractivity contribution in [1.29, 1.82) is 21.0 Å². The molecular weight excluding hydrogens is 452 g/mol. The first-order valence-electron chi connectivity index (χ1n) is 11.9. The summed E-state index contributed by atoms with van der Waals surface area (Å²) in [6.07, 6.45) is 0. The fourth-order valence-corrected chi connectivity index (χ4v) is 4.15. The lowest BCUT2D eigenvalue weighted by molar-refractivity contribution is 0.211. The van der Waals surface area contributed by atoms with E-state index < -0.39 is 0 Å². The Morgan fingerprint density at radius 2 is 0.750 bits per heavy atom. The molecule has 36 heavy (non-hydrogen) atoms. The summed E-state index contributed by atoms with van der Waals surface area (Å²) in [4.78, 5) is 17.7. The maximum Gasteiger partial charge on any atom is 0.0869 e. The Hall–Kier alpha value is -3.90. The van der Waals surface area contributed by atoms with E-state index in [9.17, 15) is 21.0 Å². The minimum Gasteiger partial charge on any atom is -0.283 e. The third-order valence-electron chi connectivity index (χ3n) is 5.91. The van der Waals surface area contributed by atoms with Crippen LogP contribution in [0.3, 0.4) is 0 Å². The van der Waals surface area contributed by atoms with Crippen LogP contribution in [-0.2, 0) is 26.2 Å². The predicted molar refractivity (Wildman–Crippen MR) is 132 cm³/mol. The van der Waals surface area contributed by atoms with Gasteiger partial charge in [-0.05, 0) is 24.3 Å². The van der Waals surface area contributed by atoms with Gasteiger partial charge in [-0.1, -0.05) is 12.1 Å². The van der Waals surface area contributed by atoms with Gasteiger partial charge in [-0.3, -0.25) is 29.6 Å². The van der Waals surface area contributed by atoms with Crippen LogP contribution in [0.25, 0.3) is 0 Å². The van der Waals surface area contributed by atoms with E-state index in [1.54, 1.807) is 0 Å². The summed E-state index contributed by atoms with van der Waals surface area (Å²) in [5.74, 6) is 0. The number of fused-ring (bicyclic) bond motifs is 4. The number of rotatable bonds is 4. The summed E-state index contributed by atoms with van der Waals surface area (Å²) in [7, 11) is 0. The molecule has 0 amide bonds. The second-order valence-electron chi connectivity index (χ2n) is 8.72. The van der Waals surface area contributed by atoms with Crippen molar-refractivity contribution in [2.45, 2.75) is 26.2 Å². The summed E-state index contributed by atoms with van der Waals surface area (Å²) in [5.41, 5.74) is 3.42. The lowest BCUT2D eigenvalue weighted by Gasteiger charge is -2.26. The molecular formula is C26H30N10. The highest BCUT2D eigenvalue weighted by molar-refractivity contribution is 5.13. The molecule has 10 nitrogen and oxygen atoms in total. The van der Waals surface area contributed by atoms with E-state index >= 15 is 0 Å². The van der Waals surface area contributed by atoms with Gasteiger partial charge in [-0.25, -0.2) is 0 Å². The first kappa shape index (κ1) is 26.7. The smallest absolute Gasteiger partial charge is 0.0869 e. The number of nitriles is 4. The zero-order valence-electron chi connectivity index (χ0n) is 20.4. The van der Waals surface area contributed by atoms with Crippen LogP contribution in [0.1, 0.15) is 22.8 Å². The fourth-order valence-electron chi connectivity index (χ4n) is 4.15. The molecule has 3 rings (SSSR count). The van der Waals surface area contributed by atoms with Crippen molar-refractivity contribution in [2.24, 2.45) is 0 Å². The Morgan fingerprint density at radius 1 is 0.500 bits per heavy atom. The molecule has 0 aromatic carbocycles. The molecule has 184 valence electrons. The lowest BCUT2D eigenvalue weighted by Crippen LogP contribution is -2.37. The van der Waals surface area contributed by atoms with Crippen molar-refractivity contribution >= 4 is 0 Å². The Morgan fingerprint density at radius 3 is 0.972 bits per heavy atom. The minimum atomic E-state index is 0.259. The SMILES string of the molecule is N#CCN1CCN(CC#N)Cc2cccc(n2)CN(CC#N)CCN(CC#N)Cc2cccc(n2)C1. The Balaban J connectivity index is 1.90. The summed E-state index contributed by atoms with van der Waals surface area (Å²) in [6.45, 7) is 5.54. The van der Waals surface area contributed by atoms with Crippen LogP contribution in [0.15, 0.2) is 36.4 Å². The summed E-state index contributed by atoms with van der Waals surface area (Å²) in [6, 6.07) is 20.6. The molecule has 3 heterocycles. The number of nitrogens with zero attached hydrogens (tertiary/aromatic N) is 10. The van der Waals surface area contributed by atoms with E-state index in [-0.39, 0.29) is 26.2 Å². The number of hydrogen-bond acceptors (Lipinski definition) is 10. The Bertz CT molecular complexity index is 979. The average Bonchev–Trinajstić information content (AvgIpc) is 2.86. The fraction of sp³-hybridized carbons (Fsp3) is 0.462. The van der Waals surface area contributed by atoms with Crippen LogP contribution in [0.2, 0.25) is 0 Å². The number of pyridine rings is 2. The van der Waals surface area contributed by atoms with E-state index in [1.165, 1.54) is 0 Å². The van der Waals surface area contributed by atoms with Crippen molar-refractivity contribution in [1.82, 2.24) is 29.6 Å². The first-order valence-corrected chi connectivity index (χ1v) is 11.9. The summed E-state index contributed by atoms with van der Waals surface area (Å²) in [5, 5.41) is 37.4. The van der Waals surface area contributed by atoms with Gasteiger partial charge in [-0.2, -0.15) is 21.0 Å². The van der Waals surface area contributed by atoms with Gasteiger partial charge in [-0.15, -0.1) is 0 Å². The van der Waals surface area contributed by atoms with E-state index in [1.807, 2.05) is 56.0 Å². The normalized spacial score (nSPS) is 17.0. The van der Waals surface area contributed by atoms with Crippen molar-refractivity contribution in [3.8, 4) is 24.3 Å². The highest BCUT2D eigenvalue weighted by Gasteiger charge is 2.15. The third-order valence-corrected chi connectivity index (χ3v) is 5.91. The molecule has 0 radical (unpaired) electrons. The zero-order chi connectivity index (χ0) is 25.6. The Labute approximate surface area is 212 Å². The molecule has 2 aromatic rings. The summed E-state index contributed by atoms with van der Waals surface area (Å²) < 4.78 is 0. The Kier molecular flexibility index (Phi) is 10.7. The minimum absolute atomic E-state index is 0.259. The van der Waals surface area contributed by atoms with Crippen molar-refractivity contribution in [2.75, 3.05) is 52.4 Å². The molecule has 0 saturated heterocycles. The van der Waals surface area contributed by atoms with Crippen LogP contribution in [-0.4, -0.2) is 81.9 Å². The first-order chi connectivity index (χ1) is 17.6. The van der Waals surface area contributed by atoms with Crippen molar-refractivity contribution in [3.05, 3.63) is 59.2 Å². The van der Waals surface area contributed by atoms with Crippen molar-refractivity contribution < 1.29 is 0 Å². The maximum atomic E-state index is 9.36. The molecule has 0 aliphatic carbocycles. The molecule has 0 atom stereocenters. The van der Waals surface area contributed by atoms with Crippen LogP contribution in [0, 0.1) is 45.3 Å². The van der Waals surface area contributed by atoms with Gasteiger partial charge in [0.25, 0.3) is 0 Å². The molecule has 4 bridgehead atoms. The van der Waals surface area contributed by atoms with Gasteiger partial charge in [0.2, 0.25) is 0 Å². The molecule has 10 heteroatoms. The van der Waals surface area contributed by atoms with E-state index in [4.69, 9.17) is 9.97 Å². The summed E-state index contributed by atoms with van der Waals surface area (Å²) >= 11 is 0. The quantitative estimate of drug-likeness (QED) is 0.590. The molecule has 0 unspecified atom stereocenters. The second-order valence-corrected chi connectivity index (χ2v) is 8.72. The van der Waals surface area contributed by atoms with Crippen LogP contribution in [0.5, 0.6) is 0 Å². The molecule has 0 N–H and O–H groups in total. The number of hydrogen-bond donors (Lipinski definition) is 0. The monoisotopic (exact) mass is 482 g/mol. The van der Waals surface area contributed by atoms with E-state index in [2.05, 4.69) is 24.3 Å². The van der Waals surface area contributed by atoms with Gasteiger partial charge < -0.3 is 0 Å². The van der Waals surface area contributed by atoms with E-state index in [0.29, 0.717) is 52.4 Å². The number of aromatic nitrogens is 2. The van der Waals surface area contributed by atoms with Crippen LogP contribution < -0.4 is 0 Å². The van der Waals surface area contributed by atoms with Gasteiger partial charge in [0.05, 0.1) is 73.2 Å². The van der Waals surface area contributed by atoms with Gasteiger partial charge in [0.1, 0.15) is 0 Å². The van der Waals surface area contributed by atoms with Gasteiger partial charge in [0, 0.05) is 52.4 Å². The average molecular weight is 483 g/mol. The third kappa shape index (κ3) is 8.71. The van der Waals surface area contributed by atoms with Crippen LogP contribution in [0.4, 0.5) is 0 Å². The molecule has 0 saturated carbocycles.